The predicted molar refractivity (Wildman–Crippen MR) is 133 cm³/mol. The molecule has 1 aliphatic rings. The van der Waals surface area contributed by atoms with E-state index in [2.05, 4.69) is 38.5 Å². The van der Waals surface area contributed by atoms with Crippen LogP contribution in [0.1, 0.15) is 27.3 Å². The second-order valence-electron chi connectivity index (χ2n) is 8.24. The predicted octanol–water partition coefficient (Wildman–Crippen LogP) is 4.23. The molecule has 3 heterocycles. The number of aromatic nitrogens is 4. The first-order valence-corrected chi connectivity index (χ1v) is 12.2. The summed E-state index contributed by atoms with van der Waals surface area (Å²) in [6.45, 7) is 7.05. The summed E-state index contributed by atoms with van der Waals surface area (Å²) >= 11 is 2.01. The van der Waals surface area contributed by atoms with Crippen LogP contribution in [0.25, 0.3) is 16.5 Å². The highest BCUT2D eigenvalue weighted by Gasteiger charge is 2.20. The van der Waals surface area contributed by atoms with Gasteiger partial charge < -0.3 is 5.32 Å². The molecule has 0 aliphatic carbocycles. The fraction of sp³-hybridized carbons (Fsp3) is 0.280. The van der Waals surface area contributed by atoms with Crippen LogP contribution < -0.4 is 5.32 Å². The van der Waals surface area contributed by atoms with Crippen molar-refractivity contribution in [1.82, 2.24) is 24.9 Å². The van der Waals surface area contributed by atoms with Gasteiger partial charge in [-0.15, -0.1) is 5.10 Å². The summed E-state index contributed by atoms with van der Waals surface area (Å²) in [5.74, 6) is 2.10. The minimum absolute atomic E-state index is 0.254. The van der Waals surface area contributed by atoms with Crippen LogP contribution >= 0.6 is 11.8 Å². The Morgan fingerprint density at radius 1 is 1.09 bits per heavy atom. The number of pyridine rings is 1. The molecule has 1 fully saturated rings. The van der Waals surface area contributed by atoms with E-state index in [1.165, 1.54) is 17.1 Å². The Labute approximate surface area is 197 Å². The summed E-state index contributed by atoms with van der Waals surface area (Å²) in [4.78, 5) is 19.8. The zero-order valence-corrected chi connectivity index (χ0v) is 19.6. The summed E-state index contributed by atoms with van der Waals surface area (Å²) in [6.07, 6.45) is 3.57. The third kappa shape index (κ3) is 4.36. The molecule has 5 rings (SSSR count). The van der Waals surface area contributed by atoms with Gasteiger partial charge in [-0.25, -0.2) is 4.68 Å². The maximum Gasteiger partial charge on any atom is 0.278 e. The number of hydrogen-bond donors (Lipinski definition) is 1. The third-order valence-electron chi connectivity index (χ3n) is 6.19. The van der Waals surface area contributed by atoms with Crippen LogP contribution in [-0.2, 0) is 6.54 Å². The Balaban J connectivity index is 1.39. The van der Waals surface area contributed by atoms with Crippen molar-refractivity contribution in [2.75, 3.05) is 29.9 Å². The van der Waals surface area contributed by atoms with Gasteiger partial charge in [0.1, 0.15) is 0 Å². The van der Waals surface area contributed by atoms with Gasteiger partial charge in [0.15, 0.2) is 5.69 Å². The topological polar surface area (TPSA) is 75.9 Å². The van der Waals surface area contributed by atoms with Crippen LogP contribution in [0.2, 0.25) is 0 Å². The Hall–Kier alpha value is -3.23. The molecule has 1 N–H and O–H groups in total. The molecule has 1 aliphatic heterocycles. The number of nitrogens with zero attached hydrogens (tertiary/aromatic N) is 5. The second kappa shape index (κ2) is 9.33. The van der Waals surface area contributed by atoms with Gasteiger partial charge in [-0.2, -0.15) is 11.8 Å². The van der Waals surface area contributed by atoms with Crippen LogP contribution in [0.5, 0.6) is 0 Å². The lowest BCUT2D eigenvalue weighted by atomic mass is 10.1. The summed E-state index contributed by atoms with van der Waals surface area (Å²) in [5.41, 5.74) is 5.03. The Kier molecular flexibility index (Phi) is 6.11. The first-order chi connectivity index (χ1) is 16.1. The summed E-state index contributed by atoms with van der Waals surface area (Å²) in [6, 6.07) is 14.0. The highest BCUT2D eigenvalue weighted by atomic mass is 32.2. The Morgan fingerprint density at radius 2 is 1.91 bits per heavy atom. The molecule has 0 spiro atoms. The fourth-order valence-corrected chi connectivity index (χ4v) is 5.21. The van der Waals surface area contributed by atoms with Crippen molar-refractivity contribution in [2.45, 2.75) is 20.4 Å². The van der Waals surface area contributed by atoms with Crippen LogP contribution in [0.3, 0.4) is 0 Å². The van der Waals surface area contributed by atoms with Gasteiger partial charge in [-0.05, 0) is 43.2 Å². The molecule has 8 heteroatoms. The highest BCUT2D eigenvalue weighted by Crippen LogP contribution is 2.25. The Bertz CT molecular complexity index is 1310. The van der Waals surface area contributed by atoms with Crippen LogP contribution in [0.4, 0.5) is 5.69 Å². The Morgan fingerprint density at radius 3 is 2.76 bits per heavy atom. The molecule has 0 saturated carbocycles. The zero-order valence-electron chi connectivity index (χ0n) is 18.8. The molecule has 2 aromatic carbocycles. The van der Waals surface area contributed by atoms with E-state index in [1.54, 1.807) is 10.9 Å². The van der Waals surface area contributed by atoms with E-state index in [-0.39, 0.29) is 5.91 Å². The quantitative estimate of drug-likeness (QED) is 0.482. The van der Waals surface area contributed by atoms with E-state index in [9.17, 15) is 4.79 Å². The molecule has 7 nitrogen and oxygen atoms in total. The van der Waals surface area contributed by atoms with Gasteiger partial charge in [0.05, 0.1) is 11.4 Å². The lowest BCUT2D eigenvalue weighted by Gasteiger charge is -2.27. The van der Waals surface area contributed by atoms with E-state index in [1.807, 2.05) is 61.3 Å². The number of rotatable bonds is 5. The first kappa shape index (κ1) is 21.6. The van der Waals surface area contributed by atoms with Crippen molar-refractivity contribution in [1.29, 1.82) is 0 Å². The molecule has 0 bridgehead atoms. The molecule has 0 radical (unpaired) electrons. The lowest BCUT2D eigenvalue weighted by Crippen LogP contribution is -2.32. The molecule has 2 aromatic heterocycles. The number of hydrogen-bond acceptors (Lipinski definition) is 6. The molecule has 4 aromatic rings. The number of carbonyl (C=O) groups is 1. The number of carbonyl (C=O) groups excluding carboxylic acids is 1. The van der Waals surface area contributed by atoms with Crippen molar-refractivity contribution in [3.63, 3.8) is 0 Å². The van der Waals surface area contributed by atoms with Crippen molar-refractivity contribution < 1.29 is 4.79 Å². The van der Waals surface area contributed by atoms with E-state index in [0.29, 0.717) is 11.4 Å². The second-order valence-corrected chi connectivity index (χ2v) is 9.47. The monoisotopic (exact) mass is 458 g/mol. The molecule has 1 amide bonds. The zero-order chi connectivity index (χ0) is 22.8. The smallest absolute Gasteiger partial charge is 0.278 e. The maximum absolute atomic E-state index is 13.1. The number of nitrogens with one attached hydrogen (secondary N) is 1. The molecular formula is C25H26N6OS. The van der Waals surface area contributed by atoms with E-state index in [4.69, 9.17) is 0 Å². The summed E-state index contributed by atoms with van der Waals surface area (Å²) < 4.78 is 1.72. The third-order valence-corrected chi connectivity index (χ3v) is 7.13. The number of fused-ring (bicyclic) bond motifs is 1. The summed E-state index contributed by atoms with van der Waals surface area (Å²) in [5, 5.41) is 13.6. The molecular weight excluding hydrogens is 432 g/mol. The lowest BCUT2D eigenvalue weighted by molar-refractivity contribution is 0.102. The average molecular weight is 459 g/mol. The minimum atomic E-state index is -0.254. The number of anilines is 1. The molecule has 0 atom stereocenters. The fourth-order valence-electron chi connectivity index (χ4n) is 4.23. The molecule has 168 valence electrons. The maximum atomic E-state index is 13.1. The van der Waals surface area contributed by atoms with Gasteiger partial charge in [0.2, 0.25) is 0 Å². The number of benzene rings is 2. The van der Waals surface area contributed by atoms with Gasteiger partial charge in [0, 0.05) is 60.0 Å². The van der Waals surface area contributed by atoms with Crippen molar-refractivity contribution >= 4 is 34.1 Å². The van der Waals surface area contributed by atoms with Gasteiger partial charge in [0.25, 0.3) is 5.91 Å². The molecule has 33 heavy (non-hydrogen) atoms. The first-order valence-electron chi connectivity index (χ1n) is 11.1. The van der Waals surface area contributed by atoms with E-state index in [0.717, 1.165) is 47.3 Å². The van der Waals surface area contributed by atoms with E-state index >= 15 is 0 Å². The van der Waals surface area contributed by atoms with E-state index < -0.39 is 0 Å². The van der Waals surface area contributed by atoms with Gasteiger partial charge in [-0.1, -0.05) is 29.5 Å². The highest BCUT2D eigenvalue weighted by molar-refractivity contribution is 7.99. The van der Waals surface area contributed by atoms with Crippen LogP contribution in [-0.4, -0.2) is 55.4 Å². The standard InChI is InChI=1S/C25H26N6OS/c1-17-20(16-30-11-13-33-14-12-30)6-3-7-22(17)27-25(32)24-18(2)31(29-28-24)23-8-4-5-19-15-26-10-9-21(19)23/h3-10,15H,11-14,16H2,1-2H3,(H,27,32). The SMILES string of the molecule is Cc1c(CN2CCSCC2)cccc1NC(=O)c1nnn(-c2cccc3cnccc23)c1C. The number of thioether (sulfide) groups is 1. The molecule has 1 saturated heterocycles. The van der Waals surface area contributed by atoms with Crippen molar-refractivity contribution in [3.05, 3.63) is 77.4 Å². The average Bonchev–Trinajstić information content (AvgIpc) is 3.23. The van der Waals surface area contributed by atoms with Crippen molar-refractivity contribution in [3.8, 4) is 5.69 Å². The van der Waals surface area contributed by atoms with Gasteiger partial charge >= 0.3 is 0 Å². The largest absolute Gasteiger partial charge is 0.320 e. The summed E-state index contributed by atoms with van der Waals surface area (Å²) in [7, 11) is 0. The number of amides is 1. The normalized spacial score (nSPS) is 14.5. The van der Waals surface area contributed by atoms with Crippen molar-refractivity contribution in [2.24, 2.45) is 0 Å². The molecule has 0 unspecified atom stereocenters. The minimum Gasteiger partial charge on any atom is -0.320 e. The van der Waals surface area contributed by atoms with Gasteiger partial charge in [-0.3, -0.25) is 14.7 Å². The van der Waals surface area contributed by atoms with Crippen LogP contribution in [0.15, 0.2) is 54.9 Å². The van der Waals surface area contributed by atoms with Crippen LogP contribution in [0, 0.1) is 13.8 Å².